The van der Waals surface area contributed by atoms with E-state index in [0.717, 1.165) is 0 Å². The van der Waals surface area contributed by atoms with Crippen LogP contribution in [-0.2, 0) is 7.05 Å². The maximum absolute atomic E-state index is 12.4. The lowest BCUT2D eigenvalue weighted by Gasteiger charge is -2.16. The van der Waals surface area contributed by atoms with Crippen LogP contribution in [0, 0.1) is 6.92 Å². The lowest BCUT2D eigenvalue weighted by atomic mass is 10.4. The molecule has 0 aliphatic carbocycles. The monoisotopic (exact) mass is 240 g/mol. The number of nitrogens with two attached hydrogens (primary N) is 1. The molecule has 1 rings (SSSR count). The van der Waals surface area contributed by atoms with Gasteiger partial charge in [-0.15, -0.1) is 10.2 Å². The topological polar surface area (TPSA) is 56.7 Å². The molecule has 15 heavy (non-hydrogen) atoms. The van der Waals surface area contributed by atoms with E-state index in [4.69, 9.17) is 5.73 Å². The molecule has 0 aliphatic heterocycles. The molecule has 0 saturated heterocycles. The summed E-state index contributed by atoms with van der Waals surface area (Å²) in [6.07, 6.45) is -4.32. The van der Waals surface area contributed by atoms with Gasteiger partial charge in [0.15, 0.2) is 5.16 Å². The van der Waals surface area contributed by atoms with Crippen molar-refractivity contribution in [1.29, 1.82) is 0 Å². The highest BCUT2D eigenvalue weighted by atomic mass is 32.2. The maximum atomic E-state index is 12.4. The first-order valence-corrected chi connectivity index (χ1v) is 5.03. The van der Waals surface area contributed by atoms with Crippen molar-refractivity contribution in [2.24, 2.45) is 12.8 Å². The fraction of sp³-hybridized carbons (Fsp3) is 0.714. The summed E-state index contributed by atoms with van der Waals surface area (Å²) >= 11 is 0.582. The number of hydrogen-bond donors (Lipinski definition) is 1. The number of halogens is 3. The molecule has 1 atom stereocenters. The third-order valence-electron chi connectivity index (χ3n) is 1.88. The van der Waals surface area contributed by atoms with Crippen molar-refractivity contribution in [3.63, 3.8) is 0 Å². The van der Waals surface area contributed by atoms with Crippen LogP contribution in [0.4, 0.5) is 13.2 Å². The van der Waals surface area contributed by atoms with E-state index in [1.165, 1.54) is 4.57 Å². The average molecular weight is 240 g/mol. The normalized spacial score (nSPS) is 14.3. The molecule has 0 saturated carbocycles. The molecule has 0 spiro atoms. The fourth-order valence-corrected chi connectivity index (χ4v) is 1.73. The molecular formula is C7H11F3N4S. The molecule has 1 unspecified atom stereocenters. The van der Waals surface area contributed by atoms with Crippen LogP contribution in [0.5, 0.6) is 0 Å². The van der Waals surface area contributed by atoms with Gasteiger partial charge in [-0.1, -0.05) is 11.8 Å². The van der Waals surface area contributed by atoms with E-state index >= 15 is 0 Å². The van der Waals surface area contributed by atoms with E-state index < -0.39 is 18.0 Å². The average Bonchev–Trinajstić information content (AvgIpc) is 2.43. The van der Waals surface area contributed by atoms with Gasteiger partial charge in [0, 0.05) is 13.6 Å². The Bertz CT molecular complexity index is 335. The Morgan fingerprint density at radius 2 is 2.07 bits per heavy atom. The Hall–Kier alpha value is -0.760. The van der Waals surface area contributed by atoms with Gasteiger partial charge >= 0.3 is 6.18 Å². The molecule has 0 bridgehead atoms. The van der Waals surface area contributed by atoms with E-state index in [2.05, 4.69) is 10.2 Å². The highest BCUT2D eigenvalue weighted by Gasteiger charge is 2.40. The van der Waals surface area contributed by atoms with Gasteiger partial charge in [0.1, 0.15) is 11.1 Å². The van der Waals surface area contributed by atoms with Gasteiger partial charge in [0.25, 0.3) is 0 Å². The Kier molecular flexibility index (Phi) is 3.61. The van der Waals surface area contributed by atoms with Gasteiger partial charge in [-0.05, 0) is 6.92 Å². The van der Waals surface area contributed by atoms with Crippen LogP contribution in [-0.4, -0.2) is 32.7 Å². The zero-order valence-corrected chi connectivity index (χ0v) is 9.06. The largest absolute Gasteiger partial charge is 0.402 e. The van der Waals surface area contributed by atoms with Crippen LogP contribution in [0.1, 0.15) is 5.82 Å². The smallest absolute Gasteiger partial charge is 0.329 e. The SMILES string of the molecule is Cc1nnc(SC(CN)C(F)(F)F)n1C. The minimum absolute atomic E-state index is 0.222. The Morgan fingerprint density at radius 1 is 1.47 bits per heavy atom. The van der Waals surface area contributed by atoms with Crippen molar-refractivity contribution in [1.82, 2.24) is 14.8 Å². The quantitative estimate of drug-likeness (QED) is 0.804. The van der Waals surface area contributed by atoms with Gasteiger partial charge < -0.3 is 10.3 Å². The maximum Gasteiger partial charge on any atom is 0.402 e. The molecule has 8 heteroatoms. The Morgan fingerprint density at radius 3 is 2.40 bits per heavy atom. The number of alkyl halides is 3. The molecule has 1 aromatic heterocycles. The molecule has 0 aliphatic rings. The van der Waals surface area contributed by atoms with Crippen LogP contribution in [0.25, 0.3) is 0 Å². The van der Waals surface area contributed by atoms with Gasteiger partial charge in [-0.2, -0.15) is 13.2 Å². The molecule has 1 heterocycles. The Balaban J connectivity index is 2.80. The van der Waals surface area contributed by atoms with Crippen LogP contribution in [0.15, 0.2) is 5.16 Å². The minimum atomic E-state index is -4.32. The van der Waals surface area contributed by atoms with Gasteiger partial charge in [0.2, 0.25) is 0 Å². The molecule has 86 valence electrons. The minimum Gasteiger partial charge on any atom is -0.329 e. The van der Waals surface area contributed by atoms with Gasteiger partial charge in [-0.3, -0.25) is 0 Å². The molecule has 1 aromatic rings. The number of nitrogens with zero attached hydrogens (tertiary/aromatic N) is 3. The van der Waals surface area contributed by atoms with Crippen molar-refractivity contribution in [2.75, 3.05) is 6.54 Å². The molecule has 0 radical (unpaired) electrons. The zero-order valence-electron chi connectivity index (χ0n) is 8.25. The van der Waals surface area contributed by atoms with E-state index in [1.54, 1.807) is 14.0 Å². The summed E-state index contributed by atoms with van der Waals surface area (Å²) in [7, 11) is 1.61. The van der Waals surface area contributed by atoms with E-state index in [9.17, 15) is 13.2 Å². The predicted molar refractivity (Wildman–Crippen MR) is 50.5 cm³/mol. The van der Waals surface area contributed by atoms with Crippen LogP contribution in [0.3, 0.4) is 0 Å². The molecule has 0 fully saturated rings. The summed E-state index contributed by atoms with van der Waals surface area (Å²) in [5.74, 6) is 0.565. The van der Waals surface area contributed by atoms with Gasteiger partial charge in [0.05, 0.1) is 0 Å². The third kappa shape index (κ3) is 2.85. The second-order valence-corrected chi connectivity index (χ2v) is 4.14. The standard InChI is InChI=1S/C7H11F3N4S/c1-4-12-13-6(14(4)2)15-5(3-11)7(8,9)10/h5H,3,11H2,1-2H3. The second-order valence-electron chi connectivity index (χ2n) is 2.97. The number of aryl methyl sites for hydroxylation is 1. The molecular weight excluding hydrogens is 229 g/mol. The highest BCUT2D eigenvalue weighted by molar-refractivity contribution is 7.99. The molecule has 0 amide bonds. The first kappa shape index (κ1) is 12.3. The van der Waals surface area contributed by atoms with E-state index in [1.807, 2.05) is 0 Å². The fourth-order valence-electron chi connectivity index (χ4n) is 0.866. The van der Waals surface area contributed by atoms with Crippen molar-refractivity contribution in [2.45, 2.75) is 23.5 Å². The van der Waals surface area contributed by atoms with Gasteiger partial charge in [-0.25, -0.2) is 0 Å². The zero-order chi connectivity index (χ0) is 11.6. The summed E-state index contributed by atoms with van der Waals surface area (Å²) < 4.78 is 38.7. The predicted octanol–water partition coefficient (Wildman–Crippen LogP) is 1.11. The number of aromatic nitrogens is 3. The summed E-state index contributed by atoms with van der Waals surface area (Å²) in [5, 5.41) is 5.89. The second kappa shape index (κ2) is 4.40. The van der Waals surface area contributed by atoms with Crippen molar-refractivity contribution < 1.29 is 13.2 Å². The third-order valence-corrected chi connectivity index (χ3v) is 3.19. The lowest BCUT2D eigenvalue weighted by molar-refractivity contribution is -0.126. The van der Waals surface area contributed by atoms with Crippen molar-refractivity contribution >= 4 is 11.8 Å². The number of thioether (sulfide) groups is 1. The first-order valence-electron chi connectivity index (χ1n) is 4.15. The van der Waals surface area contributed by atoms with Crippen molar-refractivity contribution in [3.8, 4) is 0 Å². The summed E-state index contributed by atoms with van der Waals surface area (Å²) in [6.45, 7) is 1.20. The summed E-state index contributed by atoms with van der Waals surface area (Å²) in [6, 6.07) is 0. The number of hydrogen-bond acceptors (Lipinski definition) is 4. The molecule has 4 nitrogen and oxygen atoms in total. The lowest BCUT2D eigenvalue weighted by Crippen LogP contribution is -2.33. The van der Waals surface area contributed by atoms with Crippen LogP contribution in [0.2, 0.25) is 0 Å². The first-order chi connectivity index (χ1) is 6.86. The molecule has 2 N–H and O–H groups in total. The Labute approximate surface area is 89.0 Å². The summed E-state index contributed by atoms with van der Waals surface area (Å²) in [4.78, 5) is 0. The highest BCUT2D eigenvalue weighted by Crippen LogP contribution is 2.33. The number of rotatable bonds is 3. The molecule has 0 aromatic carbocycles. The van der Waals surface area contributed by atoms with Crippen molar-refractivity contribution in [3.05, 3.63) is 5.82 Å². The van der Waals surface area contributed by atoms with Crippen LogP contribution < -0.4 is 5.73 Å². The van der Waals surface area contributed by atoms with E-state index in [-0.39, 0.29) is 5.16 Å². The summed E-state index contributed by atoms with van der Waals surface area (Å²) in [5.41, 5.74) is 5.07. The van der Waals surface area contributed by atoms with E-state index in [0.29, 0.717) is 17.6 Å². The van der Waals surface area contributed by atoms with Crippen LogP contribution >= 0.6 is 11.8 Å².